The van der Waals surface area contributed by atoms with Crippen molar-refractivity contribution in [3.63, 3.8) is 0 Å². The van der Waals surface area contributed by atoms with E-state index in [4.69, 9.17) is 19.6 Å². The Balaban J connectivity index is 1.92. The van der Waals surface area contributed by atoms with Gasteiger partial charge in [-0.2, -0.15) is 9.61 Å². The standard InChI is InChI=1S/C20H24N4O2/c1-13-14(2)21-19-18(16-5-7-17(25-4)8-6-16)15(3)22-24(19)20(13)23-9-11-26-12-10-23/h5-8H,9-12H2,1-4H3. The summed E-state index contributed by atoms with van der Waals surface area (Å²) in [5.41, 5.74) is 6.25. The third kappa shape index (κ3) is 2.70. The second kappa shape index (κ2) is 6.61. The highest BCUT2D eigenvalue weighted by Crippen LogP contribution is 2.33. The maximum absolute atomic E-state index is 5.52. The molecule has 6 nitrogen and oxygen atoms in total. The van der Waals surface area contributed by atoms with Gasteiger partial charge in [-0.05, 0) is 38.5 Å². The molecule has 0 saturated carbocycles. The normalized spacial score (nSPS) is 14.8. The number of anilines is 1. The van der Waals surface area contributed by atoms with Crippen molar-refractivity contribution in [3.05, 3.63) is 41.2 Å². The number of hydrogen-bond donors (Lipinski definition) is 0. The van der Waals surface area contributed by atoms with Gasteiger partial charge in [-0.15, -0.1) is 0 Å². The van der Waals surface area contributed by atoms with E-state index in [1.165, 1.54) is 5.56 Å². The van der Waals surface area contributed by atoms with E-state index in [1.54, 1.807) is 7.11 Å². The highest BCUT2D eigenvalue weighted by atomic mass is 16.5. The quantitative estimate of drug-likeness (QED) is 0.725. The van der Waals surface area contributed by atoms with Gasteiger partial charge in [0, 0.05) is 29.9 Å². The third-order valence-corrected chi connectivity index (χ3v) is 5.08. The van der Waals surface area contributed by atoms with Crippen LogP contribution in [0.2, 0.25) is 0 Å². The topological polar surface area (TPSA) is 51.9 Å². The number of morpholine rings is 1. The van der Waals surface area contributed by atoms with E-state index in [0.29, 0.717) is 0 Å². The van der Waals surface area contributed by atoms with Crippen LogP contribution in [-0.4, -0.2) is 48.0 Å². The largest absolute Gasteiger partial charge is 0.497 e. The first-order chi connectivity index (χ1) is 12.6. The van der Waals surface area contributed by atoms with Crippen LogP contribution in [0.5, 0.6) is 5.75 Å². The van der Waals surface area contributed by atoms with Crippen LogP contribution in [0.3, 0.4) is 0 Å². The second-order valence-corrected chi connectivity index (χ2v) is 6.67. The summed E-state index contributed by atoms with van der Waals surface area (Å²) < 4.78 is 12.8. The van der Waals surface area contributed by atoms with Gasteiger partial charge in [0.1, 0.15) is 11.6 Å². The zero-order chi connectivity index (χ0) is 18.3. The fourth-order valence-corrected chi connectivity index (χ4v) is 3.57. The van der Waals surface area contributed by atoms with E-state index in [2.05, 4.69) is 30.9 Å². The molecular formula is C20H24N4O2. The van der Waals surface area contributed by atoms with Crippen molar-refractivity contribution < 1.29 is 9.47 Å². The maximum Gasteiger partial charge on any atom is 0.165 e. The van der Waals surface area contributed by atoms with E-state index < -0.39 is 0 Å². The molecule has 4 rings (SSSR count). The van der Waals surface area contributed by atoms with Crippen molar-refractivity contribution in [2.75, 3.05) is 38.3 Å². The number of aryl methyl sites for hydroxylation is 2. The molecule has 1 aliphatic rings. The fourth-order valence-electron chi connectivity index (χ4n) is 3.57. The van der Waals surface area contributed by atoms with Crippen molar-refractivity contribution in [3.8, 4) is 16.9 Å². The molecule has 0 N–H and O–H groups in total. The van der Waals surface area contributed by atoms with Gasteiger partial charge >= 0.3 is 0 Å². The van der Waals surface area contributed by atoms with Gasteiger partial charge in [0.05, 0.1) is 26.0 Å². The molecule has 1 aliphatic heterocycles. The Bertz CT molecular complexity index is 941. The van der Waals surface area contributed by atoms with Crippen LogP contribution >= 0.6 is 0 Å². The predicted molar refractivity (Wildman–Crippen MR) is 102 cm³/mol. The highest BCUT2D eigenvalue weighted by molar-refractivity contribution is 5.81. The lowest BCUT2D eigenvalue weighted by Gasteiger charge is -2.30. The lowest BCUT2D eigenvalue weighted by Crippen LogP contribution is -2.38. The molecule has 0 amide bonds. The first-order valence-electron chi connectivity index (χ1n) is 8.94. The number of aromatic nitrogens is 3. The van der Waals surface area contributed by atoms with E-state index in [-0.39, 0.29) is 0 Å². The number of fused-ring (bicyclic) bond motifs is 1. The molecule has 1 fully saturated rings. The maximum atomic E-state index is 5.52. The van der Waals surface area contributed by atoms with Crippen molar-refractivity contribution in [1.82, 2.24) is 14.6 Å². The average molecular weight is 352 g/mol. The fraction of sp³-hybridized carbons (Fsp3) is 0.400. The van der Waals surface area contributed by atoms with Gasteiger partial charge in [0.25, 0.3) is 0 Å². The molecular weight excluding hydrogens is 328 g/mol. The summed E-state index contributed by atoms with van der Waals surface area (Å²) >= 11 is 0. The van der Waals surface area contributed by atoms with Crippen LogP contribution in [0.25, 0.3) is 16.8 Å². The Morgan fingerprint density at radius 2 is 1.69 bits per heavy atom. The summed E-state index contributed by atoms with van der Waals surface area (Å²) in [6, 6.07) is 8.08. The Morgan fingerprint density at radius 3 is 2.35 bits per heavy atom. The van der Waals surface area contributed by atoms with E-state index >= 15 is 0 Å². The summed E-state index contributed by atoms with van der Waals surface area (Å²) in [4.78, 5) is 7.23. The molecule has 6 heteroatoms. The highest BCUT2D eigenvalue weighted by Gasteiger charge is 2.23. The molecule has 3 heterocycles. The molecule has 1 aromatic carbocycles. The Hall–Kier alpha value is -2.60. The van der Waals surface area contributed by atoms with Crippen LogP contribution in [0, 0.1) is 20.8 Å². The van der Waals surface area contributed by atoms with E-state index in [9.17, 15) is 0 Å². The summed E-state index contributed by atoms with van der Waals surface area (Å²) in [5, 5.41) is 4.85. The molecule has 26 heavy (non-hydrogen) atoms. The van der Waals surface area contributed by atoms with Crippen LogP contribution < -0.4 is 9.64 Å². The monoisotopic (exact) mass is 352 g/mol. The molecule has 0 unspecified atom stereocenters. The zero-order valence-corrected chi connectivity index (χ0v) is 15.7. The van der Waals surface area contributed by atoms with Gasteiger partial charge in [0.2, 0.25) is 0 Å². The number of ether oxygens (including phenoxy) is 2. The Morgan fingerprint density at radius 1 is 1.00 bits per heavy atom. The summed E-state index contributed by atoms with van der Waals surface area (Å²) in [7, 11) is 1.68. The van der Waals surface area contributed by atoms with Crippen molar-refractivity contribution in [1.29, 1.82) is 0 Å². The second-order valence-electron chi connectivity index (χ2n) is 6.67. The van der Waals surface area contributed by atoms with Crippen LogP contribution in [0.15, 0.2) is 24.3 Å². The number of rotatable bonds is 3. The average Bonchev–Trinajstić information content (AvgIpc) is 2.98. The van der Waals surface area contributed by atoms with Crippen LogP contribution in [0.4, 0.5) is 5.82 Å². The Kier molecular flexibility index (Phi) is 4.28. The van der Waals surface area contributed by atoms with Crippen molar-refractivity contribution >= 4 is 11.5 Å². The minimum absolute atomic E-state index is 0.744. The summed E-state index contributed by atoms with van der Waals surface area (Å²) in [6.07, 6.45) is 0. The van der Waals surface area contributed by atoms with Crippen molar-refractivity contribution in [2.45, 2.75) is 20.8 Å². The molecule has 0 aliphatic carbocycles. The SMILES string of the molecule is COc1ccc(-c2c(C)nn3c(N4CCOCC4)c(C)c(C)nc23)cc1. The smallest absolute Gasteiger partial charge is 0.165 e. The summed E-state index contributed by atoms with van der Waals surface area (Å²) in [5.74, 6) is 1.97. The predicted octanol–water partition coefficient (Wildman–Crippen LogP) is 3.17. The molecule has 136 valence electrons. The minimum Gasteiger partial charge on any atom is -0.497 e. The number of nitrogens with zero attached hydrogens (tertiary/aromatic N) is 4. The first kappa shape index (κ1) is 16.8. The molecule has 0 radical (unpaired) electrons. The van der Waals surface area contributed by atoms with Gasteiger partial charge in [0.15, 0.2) is 5.65 Å². The van der Waals surface area contributed by atoms with Gasteiger partial charge < -0.3 is 14.4 Å². The molecule has 0 bridgehead atoms. The van der Waals surface area contributed by atoms with E-state index in [1.807, 2.05) is 23.6 Å². The van der Waals surface area contributed by atoms with Gasteiger partial charge in [-0.25, -0.2) is 4.98 Å². The van der Waals surface area contributed by atoms with Crippen LogP contribution in [0.1, 0.15) is 17.0 Å². The molecule has 0 atom stereocenters. The molecule has 0 spiro atoms. The molecule has 2 aromatic heterocycles. The summed E-state index contributed by atoms with van der Waals surface area (Å²) in [6.45, 7) is 9.46. The molecule has 1 saturated heterocycles. The lowest BCUT2D eigenvalue weighted by atomic mass is 10.1. The molecule has 3 aromatic rings. The first-order valence-corrected chi connectivity index (χ1v) is 8.94. The van der Waals surface area contributed by atoms with Gasteiger partial charge in [-0.3, -0.25) is 0 Å². The van der Waals surface area contributed by atoms with Crippen LogP contribution in [-0.2, 0) is 4.74 Å². The van der Waals surface area contributed by atoms with Crippen molar-refractivity contribution in [2.24, 2.45) is 0 Å². The number of hydrogen-bond acceptors (Lipinski definition) is 5. The zero-order valence-electron chi connectivity index (χ0n) is 15.7. The van der Waals surface area contributed by atoms with Gasteiger partial charge in [-0.1, -0.05) is 12.1 Å². The Labute approximate surface area is 153 Å². The van der Waals surface area contributed by atoms with E-state index in [0.717, 1.165) is 66.0 Å². The third-order valence-electron chi connectivity index (χ3n) is 5.08. The minimum atomic E-state index is 0.744. The number of benzene rings is 1. The number of methoxy groups -OCH3 is 1. The lowest BCUT2D eigenvalue weighted by molar-refractivity contribution is 0.122.